The van der Waals surface area contributed by atoms with Crippen LogP contribution in [0.5, 0.6) is 0 Å². The number of aryl methyl sites for hydroxylation is 1. The fraction of sp³-hybridized carbons (Fsp3) is 0.352. The number of aromatic nitrogens is 1. The quantitative estimate of drug-likeness (QED) is 0.160. The Hall–Kier alpha value is -6.10. The van der Waals surface area contributed by atoms with Crippen molar-refractivity contribution in [3.63, 3.8) is 0 Å². The summed E-state index contributed by atoms with van der Waals surface area (Å²) < 4.78 is 5.64. The van der Waals surface area contributed by atoms with E-state index in [-0.39, 0.29) is 17.7 Å². The highest BCUT2D eigenvalue weighted by Crippen LogP contribution is 2.64. The predicted molar refractivity (Wildman–Crippen MR) is 319 cm³/mol. The first-order chi connectivity index (χ1) is 36.5. The number of hydrogen-bond donors (Lipinski definition) is 0. The molecular weight excluding hydrogens is 924 g/mol. The van der Waals surface area contributed by atoms with E-state index < -0.39 is 0 Å². The van der Waals surface area contributed by atoms with Crippen LogP contribution in [0.2, 0.25) is 0 Å². The summed E-state index contributed by atoms with van der Waals surface area (Å²) in [5.74, 6) is 5.42. The van der Waals surface area contributed by atoms with Crippen molar-refractivity contribution in [1.82, 2.24) is 4.48 Å². The minimum Gasteiger partial charge on any atom is -0.375 e. The van der Waals surface area contributed by atoms with E-state index in [1.54, 1.807) is 11.1 Å². The zero-order valence-corrected chi connectivity index (χ0v) is 44.9. The van der Waals surface area contributed by atoms with Crippen LogP contribution in [0.25, 0.3) is 75.0 Å². The summed E-state index contributed by atoms with van der Waals surface area (Å²) in [5.41, 5.74) is 21.8. The van der Waals surface area contributed by atoms with Crippen LogP contribution in [-0.4, -0.2) is 11.3 Å². The highest BCUT2D eigenvalue weighted by Gasteiger charge is 2.54. The first kappa shape index (κ1) is 43.1. The third-order valence-corrected chi connectivity index (χ3v) is 23.0. The normalized spacial score (nSPS) is 27.7. The molecule has 8 saturated carbocycles. The Morgan fingerprint density at radius 2 is 1.16 bits per heavy atom. The van der Waals surface area contributed by atoms with Crippen molar-refractivity contribution < 1.29 is 0 Å². The van der Waals surface area contributed by atoms with E-state index in [9.17, 15) is 0 Å². The molecule has 368 valence electrons. The second-order valence-electron chi connectivity index (χ2n) is 27.4. The molecule has 20 rings (SSSR count). The molecule has 4 heteroatoms. The summed E-state index contributed by atoms with van der Waals surface area (Å²) in [6.07, 6.45) is 17.2. The number of benzene rings is 8. The second-order valence-corrected chi connectivity index (χ2v) is 28.5. The summed E-state index contributed by atoms with van der Waals surface area (Å²) in [5, 5.41) is 8.36. The maximum absolute atomic E-state index is 2.90. The molecule has 2 aromatic heterocycles. The van der Waals surface area contributed by atoms with Gasteiger partial charge in [-0.3, -0.25) is 0 Å². The third-order valence-electron chi connectivity index (χ3n) is 21.8. The summed E-state index contributed by atoms with van der Waals surface area (Å²) in [4.78, 5) is 2.77. The number of rotatable bonds is 4. The SMILES string of the molecule is Cc1cc2c3c(c1)N(c1ccc(C(C)(C)C)cc1-c1ccccc1)c1c(ccc4c1sc1cc5ccccc5cc14)B3n1c3ccc(C45CC6CC(CC(C6)C4)C5)cc3c3cc(C45CC6CC(CC(C6)C4)C5)cc-2c31. The molecule has 8 aromatic carbocycles. The van der Waals surface area contributed by atoms with Crippen LogP contribution >= 0.6 is 11.3 Å². The maximum Gasteiger partial charge on any atom is 0.333 e. The number of nitrogens with zero attached hydrogens (tertiary/aromatic N) is 2. The highest BCUT2D eigenvalue weighted by atomic mass is 32.1. The second kappa shape index (κ2) is 14.7. The number of hydrogen-bond acceptors (Lipinski definition) is 2. The third kappa shape index (κ3) is 5.88. The average molecular weight is 989 g/mol. The molecule has 10 aliphatic rings. The lowest BCUT2D eigenvalue weighted by Crippen LogP contribution is -2.56. The van der Waals surface area contributed by atoms with Gasteiger partial charge in [0.15, 0.2) is 0 Å². The maximum atomic E-state index is 2.90. The number of anilines is 3. The van der Waals surface area contributed by atoms with E-state index in [4.69, 9.17) is 0 Å². The highest BCUT2D eigenvalue weighted by molar-refractivity contribution is 7.26. The van der Waals surface area contributed by atoms with Gasteiger partial charge in [0.05, 0.1) is 16.1 Å². The largest absolute Gasteiger partial charge is 0.375 e. The first-order valence-electron chi connectivity index (χ1n) is 29.2. The van der Waals surface area contributed by atoms with E-state index in [0.29, 0.717) is 5.41 Å². The molecule has 2 aliphatic heterocycles. The van der Waals surface area contributed by atoms with Gasteiger partial charge in [-0.05, 0) is 245 Å². The van der Waals surface area contributed by atoms with Gasteiger partial charge in [-0.1, -0.05) is 106 Å². The minimum atomic E-state index is -0.00920. The first-order valence-corrected chi connectivity index (χ1v) is 30.0. The Balaban J connectivity index is 0.961. The van der Waals surface area contributed by atoms with Crippen LogP contribution in [0.3, 0.4) is 0 Å². The van der Waals surface area contributed by atoms with Gasteiger partial charge in [-0.25, -0.2) is 0 Å². The van der Waals surface area contributed by atoms with Crippen LogP contribution < -0.4 is 15.8 Å². The molecule has 8 fully saturated rings. The molecule has 0 saturated heterocycles. The van der Waals surface area contributed by atoms with Crippen LogP contribution in [0.15, 0.2) is 140 Å². The molecule has 0 atom stereocenters. The summed E-state index contributed by atoms with van der Waals surface area (Å²) in [6, 6.07) is 56.6. The van der Waals surface area contributed by atoms with Crippen molar-refractivity contribution in [2.45, 2.75) is 121 Å². The topological polar surface area (TPSA) is 8.17 Å². The molecule has 0 radical (unpaired) electrons. The zero-order valence-electron chi connectivity index (χ0n) is 44.1. The zero-order chi connectivity index (χ0) is 49.4. The van der Waals surface area contributed by atoms with Crippen molar-refractivity contribution in [2.24, 2.45) is 35.5 Å². The average Bonchev–Trinajstić information content (AvgIpc) is 4.16. The van der Waals surface area contributed by atoms with Crippen molar-refractivity contribution >= 4 is 98.9 Å². The number of fused-ring (bicyclic) bond motifs is 12. The molecule has 0 spiro atoms. The van der Waals surface area contributed by atoms with E-state index in [1.807, 2.05) is 11.3 Å². The molecule has 8 bridgehead atoms. The Kier molecular flexibility index (Phi) is 8.43. The number of thiophene rings is 1. The fourth-order valence-electron chi connectivity index (χ4n) is 19.5. The minimum absolute atomic E-state index is 0.00727. The molecule has 10 aromatic rings. The Bertz CT molecular complexity index is 4090. The van der Waals surface area contributed by atoms with Crippen LogP contribution in [0, 0.1) is 42.4 Å². The summed E-state index contributed by atoms with van der Waals surface area (Å²) >= 11 is 2.00. The van der Waals surface area contributed by atoms with E-state index in [1.165, 1.54) is 191 Å². The van der Waals surface area contributed by atoms with E-state index in [2.05, 4.69) is 177 Å². The van der Waals surface area contributed by atoms with Crippen molar-refractivity contribution in [2.75, 3.05) is 4.90 Å². The van der Waals surface area contributed by atoms with Gasteiger partial charge < -0.3 is 9.38 Å². The van der Waals surface area contributed by atoms with Gasteiger partial charge >= 0.3 is 6.85 Å². The lowest BCUT2D eigenvalue weighted by molar-refractivity contribution is -0.00527. The van der Waals surface area contributed by atoms with Gasteiger partial charge in [0.25, 0.3) is 0 Å². The van der Waals surface area contributed by atoms with Gasteiger partial charge in [0.1, 0.15) is 0 Å². The van der Waals surface area contributed by atoms with Crippen LogP contribution in [0.4, 0.5) is 17.1 Å². The molecular formula is C71H65BN2S. The van der Waals surface area contributed by atoms with E-state index in [0.717, 1.165) is 35.5 Å². The molecule has 0 N–H and O–H groups in total. The molecule has 2 nitrogen and oxygen atoms in total. The van der Waals surface area contributed by atoms with Gasteiger partial charge in [0.2, 0.25) is 0 Å². The standard InChI is InChI=1S/C71H65BN2S/c1-40-20-57-59-33-52(71-37-44-25-45(38-71)27-46(26-44)39-71)32-58-55-31-51(70-34-41-22-42(35-70)24-43(23-41)36-70)15-19-62(55)74(66(58)59)72-60-17-16-53-56-28-48-12-8-9-13-49(48)29-64(56)75-68(53)67(60)73(63(21-40)65(57)72)61-18-14-50(69(2,3)4)30-54(61)47-10-6-5-7-11-47/h5-21,28-33,41-46H,22-27,34-39H2,1-4H3. The van der Waals surface area contributed by atoms with Gasteiger partial charge in [0, 0.05) is 54.1 Å². The van der Waals surface area contributed by atoms with Gasteiger partial charge in [-0.2, -0.15) is 0 Å². The predicted octanol–water partition coefficient (Wildman–Crippen LogP) is 17.9. The van der Waals surface area contributed by atoms with Crippen LogP contribution in [-0.2, 0) is 16.2 Å². The smallest absolute Gasteiger partial charge is 0.333 e. The summed E-state index contributed by atoms with van der Waals surface area (Å²) in [6.45, 7) is 9.48. The van der Waals surface area contributed by atoms with Gasteiger partial charge in [-0.15, -0.1) is 11.3 Å². The van der Waals surface area contributed by atoms with Crippen molar-refractivity contribution in [3.05, 3.63) is 162 Å². The van der Waals surface area contributed by atoms with Crippen LogP contribution in [0.1, 0.15) is 120 Å². The lowest BCUT2D eigenvalue weighted by Gasteiger charge is -2.57. The molecule has 4 heterocycles. The van der Waals surface area contributed by atoms with E-state index >= 15 is 0 Å². The Morgan fingerprint density at radius 3 is 1.84 bits per heavy atom. The molecule has 8 aliphatic carbocycles. The Labute approximate surface area is 446 Å². The molecule has 0 amide bonds. The molecule has 0 unspecified atom stereocenters. The van der Waals surface area contributed by atoms with Crippen molar-refractivity contribution in [3.8, 4) is 22.3 Å². The Morgan fingerprint density at radius 1 is 0.520 bits per heavy atom. The molecule has 75 heavy (non-hydrogen) atoms. The lowest BCUT2D eigenvalue weighted by atomic mass is 9.44. The van der Waals surface area contributed by atoms with Crippen molar-refractivity contribution in [1.29, 1.82) is 0 Å². The monoisotopic (exact) mass is 988 g/mol. The fourth-order valence-corrected chi connectivity index (χ4v) is 20.8. The summed E-state index contributed by atoms with van der Waals surface area (Å²) in [7, 11) is 0.